The molecular weight excluding hydrogens is 640 g/mol. The lowest BCUT2D eigenvalue weighted by Gasteiger charge is -2.27. The summed E-state index contributed by atoms with van der Waals surface area (Å²) in [7, 11) is -2.04. The summed E-state index contributed by atoms with van der Waals surface area (Å²) in [5, 5.41) is 6.80. The first-order chi connectivity index (χ1) is 19.9. The van der Waals surface area contributed by atoms with E-state index in [-0.39, 0.29) is 32.4 Å². The number of rotatable bonds is 13. The number of carbonyl (C=O) groups is 2. The monoisotopic (exact) mass is 661 g/mol. The van der Waals surface area contributed by atoms with Crippen molar-refractivity contribution in [3.63, 3.8) is 0 Å². The number of nitrogens with one attached hydrogen (secondary N) is 1. The molecule has 0 bridgehead atoms. The largest absolute Gasteiger partial charge is 0.497 e. The fraction of sp³-hybridized carbons (Fsp3) is 0.222. The SMILES string of the molecule is COc1ccc(C(=O)OC[C@H](OS(=O)(=O)c2cc(Cl)c(Cl)cc2Cl)[C@H](OC(=O)c2ccc(OC)cc2)[C@H](F)C=N)cc1. The van der Waals surface area contributed by atoms with Crippen molar-refractivity contribution >= 4 is 63.1 Å². The Hall–Kier alpha value is -3.42. The lowest BCUT2D eigenvalue weighted by molar-refractivity contribution is -0.0475. The Kier molecular flexibility index (Phi) is 11.5. The van der Waals surface area contributed by atoms with E-state index < -0.39 is 51.9 Å². The van der Waals surface area contributed by atoms with Gasteiger partial charge < -0.3 is 24.4 Å². The van der Waals surface area contributed by atoms with Crippen molar-refractivity contribution < 1.29 is 45.5 Å². The minimum absolute atomic E-state index is 0.0422. The van der Waals surface area contributed by atoms with Crippen LogP contribution in [0.4, 0.5) is 4.39 Å². The number of hydrogen-bond acceptors (Lipinski definition) is 10. The van der Waals surface area contributed by atoms with Crippen LogP contribution in [0.15, 0.2) is 65.6 Å². The third kappa shape index (κ3) is 8.33. The van der Waals surface area contributed by atoms with Gasteiger partial charge in [0.15, 0.2) is 18.4 Å². The van der Waals surface area contributed by atoms with Crippen LogP contribution in [0.25, 0.3) is 0 Å². The molecule has 0 fully saturated rings. The van der Waals surface area contributed by atoms with Gasteiger partial charge in [-0.3, -0.25) is 4.18 Å². The zero-order valence-electron chi connectivity index (χ0n) is 21.9. The van der Waals surface area contributed by atoms with Gasteiger partial charge in [0.1, 0.15) is 23.0 Å². The molecule has 3 aromatic carbocycles. The number of benzene rings is 3. The molecule has 0 unspecified atom stereocenters. The smallest absolute Gasteiger partial charge is 0.338 e. The molecule has 10 nitrogen and oxygen atoms in total. The molecule has 3 atom stereocenters. The Morgan fingerprint density at radius 1 is 0.857 bits per heavy atom. The number of carbonyl (C=O) groups excluding carboxylic acids is 2. The van der Waals surface area contributed by atoms with Crippen molar-refractivity contribution in [1.82, 2.24) is 0 Å². The van der Waals surface area contributed by atoms with E-state index in [1.54, 1.807) is 0 Å². The number of halogens is 4. The normalized spacial score (nSPS) is 13.4. The van der Waals surface area contributed by atoms with Gasteiger partial charge in [-0.25, -0.2) is 14.0 Å². The molecule has 3 aromatic rings. The lowest BCUT2D eigenvalue weighted by atomic mass is 10.1. The van der Waals surface area contributed by atoms with Gasteiger partial charge in [0.2, 0.25) is 0 Å². The highest BCUT2D eigenvalue weighted by atomic mass is 35.5. The predicted octanol–water partition coefficient (Wildman–Crippen LogP) is 5.81. The topological polar surface area (TPSA) is 138 Å². The van der Waals surface area contributed by atoms with Gasteiger partial charge in [-0.05, 0) is 60.7 Å². The number of methoxy groups -OCH3 is 2. The van der Waals surface area contributed by atoms with Crippen molar-refractivity contribution in [2.24, 2.45) is 0 Å². The molecule has 1 N–H and O–H groups in total. The van der Waals surface area contributed by atoms with Crippen LogP contribution in [-0.4, -0.2) is 65.8 Å². The van der Waals surface area contributed by atoms with Gasteiger partial charge in [0.25, 0.3) is 10.1 Å². The maximum Gasteiger partial charge on any atom is 0.338 e. The van der Waals surface area contributed by atoms with Gasteiger partial charge in [0, 0.05) is 6.21 Å². The molecule has 0 aliphatic carbocycles. The third-order valence-corrected chi connectivity index (χ3v) is 8.13. The molecule has 0 aliphatic rings. The highest BCUT2D eigenvalue weighted by Crippen LogP contribution is 2.33. The Balaban J connectivity index is 1.96. The molecule has 0 saturated heterocycles. The molecule has 0 amide bonds. The summed E-state index contributed by atoms with van der Waals surface area (Å²) in [6.07, 6.45) is -6.21. The summed E-state index contributed by atoms with van der Waals surface area (Å²) in [6.45, 7) is -0.933. The Morgan fingerprint density at radius 2 is 1.36 bits per heavy atom. The predicted molar refractivity (Wildman–Crippen MR) is 153 cm³/mol. The second-order valence-corrected chi connectivity index (χ2v) is 11.1. The minimum Gasteiger partial charge on any atom is -0.497 e. The van der Waals surface area contributed by atoms with E-state index in [0.717, 1.165) is 12.1 Å². The fourth-order valence-electron chi connectivity index (χ4n) is 3.42. The standard InChI is InChI=1S/C27H23Cl3FNO9S/c1-37-17-7-3-15(4-8-17)26(33)39-14-23(41-42(35,36)24-12-20(29)19(28)11-21(24)30)25(22(31)13-32)40-27(34)16-5-9-18(38-2)10-6-16/h3-13,22-23,25,32H,14H2,1-2H3/t22-,23+,25-/m1/s1. The van der Waals surface area contributed by atoms with Crippen LogP contribution < -0.4 is 9.47 Å². The maximum absolute atomic E-state index is 15.1. The van der Waals surface area contributed by atoms with Gasteiger partial charge in [-0.1, -0.05) is 34.8 Å². The van der Waals surface area contributed by atoms with Gasteiger partial charge in [-0.15, -0.1) is 0 Å². The average Bonchev–Trinajstić information content (AvgIpc) is 2.99. The summed E-state index contributed by atoms with van der Waals surface area (Å²) in [6, 6.07) is 13.2. The summed E-state index contributed by atoms with van der Waals surface area (Å²) in [5.74, 6) is -1.16. The van der Waals surface area contributed by atoms with Crippen molar-refractivity contribution in [3.8, 4) is 11.5 Å². The maximum atomic E-state index is 15.1. The van der Waals surface area contributed by atoms with E-state index in [9.17, 15) is 18.0 Å². The highest BCUT2D eigenvalue weighted by Gasteiger charge is 2.39. The first-order valence-corrected chi connectivity index (χ1v) is 14.3. The number of hydrogen-bond donors (Lipinski definition) is 1. The number of ether oxygens (including phenoxy) is 4. The quantitative estimate of drug-likeness (QED) is 0.104. The Bertz CT molecular complexity index is 1540. The minimum atomic E-state index is -4.88. The van der Waals surface area contributed by atoms with Gasteiger partial charge in [0.05, 0.1) is 40.4 Å². The second kappa shape index (κ2) is 14.7. The first-order valence-electron chi connectivity index (χ1n) is 11.8. The fourth-order valence-corrected chi connectivity index (χ4v) is 5.46. The second-order valence-electron chi connectivity index (χ2n) is 8.32. The third-order valence-electron chi connectivity index (χ3n) is 5.61. The van der Waals surface area contributed by atoms with Crippen LogP contribution in [-0.2, 0) is 23.8 Å². The Morgan fingerprint density at radius 3 is 1.86 bits per heavy atom. The van der Waals surface area contributed by atoms with Crippen molar-refractivity contribution in [2.75, 3.05) is 20.8 Å². The molecule has 0 saturated carbocycles. The molecule has 0 aromatic heterocycles. The zero-order valence-corrected chi connectivity index (χ0v) is 25.0. The molecule has 42 heavy (non-hydrogen) atoms. The van der Waals surface area contributed by atoms with Gasteiger partial charge in [-0.2, -0.15) is 8.42 Å². The van der Waals surface area contributed by atoms with Crippen LogP contribution in [0.5, 0.6) is 11.5 Å². The number of esters is 2. The van der Waals surface area contributed by atoms with Crippen LogP contribution in [0.2, 0.25) is 15.1 Å². The van der Waals surface area contributed by atoms with Crippen molar-refractivity contribution in [2.45, 2.75) is 23.3 Å². The number of alkyl halides is 1. The molecule has 224 valence electrons. The summed E-state index contributed by atoms with van der Waals surface area (Å²) < 4.78 is 67.4. The van der Waals surface area contributed by atoms with E-state index in [2.05, 4.69) is 0 Å². The van der Waals surface area contributed by atoms with Crippen LogP contribution in [0.3, 0.4) is 0 Å². The summed E-state index contributed by atoms with van der Waals surface area (Å²) in [4.78, 5) is 25.0. The average molecular weight is 663 g/mol. The van der Waals surface area contributed by atoms with Crippen LogP contribution in [0.1, 0.15) is 20.7 Å². The van der Waals surface area contributed by atoms with E-state index >= 15 is 4.39 Å². The molecule has 0 aliphatic heterocycles. The van der Waals surface area contributed by atoms with E-state index in [1.165, 1.54) is 62.8 Å². The van der Waals surface area contributed by atoms with Crippen LogP contribution in [0, 0.1) is 5.41 Å². The molecule has 3 rings (SSSR count). The van der Waals surface area contributed by atoms with Crippen molar-refractivity contribution in [1.29, 1.82) is 5.41 Å². The van der Waals surface area contributed by atoms with E-state index in [1.807, 2.05) is 0 Å². The molecular formula is C27H23Cl3FNO9S. The van der Waals surface area contributed by atoms with E-state index in [0.29, 0.717) is 11.5 Å². The summed E-state index contributed by atoms with van der Waals surface area (Å²) >= 11 is 17.9. The molecule has 0 heterocycles. The highest BCUT2D eigenvalue weighted by molar-refractivity contribution is 7.87. The van der Waals surface area contributed by atoms with Crippen molar-refractivity contribution in [3.05, 3.63) is 86.9 Å². The first kappa shape index (κ1) is 33.1. The van der Waals surface area contributed by atoms with E-state index in [4.69, 9.17) is 63.3 Å². The zero-order chi connectivity index (χ0) is 31.0. The van der Waals surface area contributed by atoms with Gasteiger partial charge >= 0.3 is 11.9 Å². The summed E-state index contributed by atoms with van der Waals surface area (Å²) in [5.41, 5.74) is -0.0112. The molecule has 15 heteroatoms. The van der Waals surface area contributed by atoms with Crippen LogP contribution >= 0.6 is 34.8 Å². The molecule has 0 spiro atoms. The molecule has 0 radical (unpaired) electrons. The lowest BCUT2D eigenvalue weighted by Crippen LogP contribution is -2.45. The Labute approximate surface area is 255 Å².